The average Bonchev–Trinajstić information content (AvgIpc) is 3.38. The third kappa shape index (κ3) is 7.01. The molecule has 206 valence electrons. The number of aromatic nitrogens is 1. The van der Waals surface area contributed by atoms with Crippen molar-refractivity contribution in [1.82, 2.24) is 20.3 Å². The highest BCUT2D eigenvalue weighted by atomic mass is 16.5. The lowest BCUT2D eigenvalue weighted by Crippen LogP contribution is -2.58. The Hall–Kier alpha value is -3.20. The van der Waals surface area contributed by atoms with Gasteiger partial charge in [-0.1, -0.05) is 35.5 Å². The maximum Gasteiger partial charge on any atom is 0.276 e. The molecule has 3 N–H and O–H groups in total. The molecule has 2 fully saturated rings. The van der Waals surface area contributed by atoms with Gasteiger partial charge in [0.1, 0.15) is 11.8 Å². The first-order valence-corrected chi connectivity index (χ1v) is 13.9. The number of nitrogens with two attached hydrogens (primary N) is 1. The highest BCUT2D eigenvalue weighted by molar-refractivity contribution is 5.93. The Kier molecular flexibility index (Phi) is 9.55. The van der Waals surface area contributed by atoms with Gasteiger partial charge in [-0.05, 0) is 75.8 Å². The Balaban J connectivity index is 1.46. The lowest BCUT2D eigenvalue weighted by molar-refractivity contribution is -0.142. The van der Waals surface area contributed by atoms with Crippen LogP contribution < -0.4 is 11.1 Å². The minimum absolute atomic E-state index is 0.124. The van der Waals surface area contributed by atoms with Crippen molar-refractivity contribution < 1.29 is 18.9 Å². The van der Waals surface area contributed by atoms with Crippen LogP contribution in [0.3, 0.4) is 0 Å². The summed E-state index contributed by atoms with van der Waals surface area (Å²) in [6.45, 7) is 5.50. The molecule has 4 rings (SSSR count). The van der Waals surface area contributed by atoms with Gasteiger partial charge in [-0.25, -0.2) is 0 Å². The molecule has 3 amide bonds. The number of likely N-dealkylation sites (tertiary alicyclic amines) is 1. The Morgan fingerprint density at radius 2 is 1.82 bits per heavy atom. The first kappa shape index (κ1) is 27.8. The number of nitrogens with zero attached hydrogens (tertiary/aromatic N) is 3. The average molecular weight is 524 g/mol. The van der Waals surface area contributed by atoms with Gasteiger partial charge < -0.3 is 25.4 Å². The summed E-state index contributed by atoms with van der Waals surface area (Å²) in [6, 6.07) is 10.8. The summed E-state index contributed by atoms with van der Waals surface area (Å²) in [5, 5.41) is 7.09. The van der Waals surface area contributed by atoms with Gasteiger partial charge in [0.15, 0.2) is 5.69 Å². The molecule has 1 unspecified atom stereocenters. The van der Waals surface area contributed by atoms with E-state index in [-0.39, 0.29) is 29.5 Å². The van der Waals surface area contributed by atoms with Crippen LogP contribution in [-0.4, -0.2) is 70.9 Å². The van der Waals surface area contributed by atoms with Gasteiger partial charge >= 0.3 is 0 Å². The molecular weight excluding hydrogens is 482 g/mol. The summed E-state index contributed by atoms with van der Waals surface area (Å²) in [7, 11) is 0. The maximum absolute atomic E-state index is 13.6. The van der Waals surface area contributed by atoms with E-state index in [1.807, 2.05) is 35.2 Å². The Labute approximate surface area is 225 Å². The number of hydrogen-bond donors (Lipinski definition) is 2. The number of benzene rings is 1. The van der Waals surface area contributed by atoms with Crippen LogP contribution >= 0.6 is 0 Å². The van der Waals surface area contributed by atoms with Gasteiger partial charge in [-0.15, -0.1) is 0 Å². The van der Waals surface area contributed by atoms with Crippen LogP contribution in [0.4, 0.5) is 0 Å². The smallest absolute Gasteiger partial charge is 0.276 e. The molecule has 0 spiro atoms. The van der Waals surface area contributed by atoms with E-state index in [0.29, 0.717) is 56.5 Å². The molecule has 9 heteroatoms. The molecule has 2 atom stereocenters. The summed E-state index contributed by atoms with van der Waals surface area (Å²) in [5.41, 5.74) is 7.21. The van der Waals surface area contributed by atoms with Gasteiger partial charge in [0.05, 0.1) is 0 Å². The zero-order chi connectivity index (χ0) is 27.1. The van der Waals surface area contributed by atoms with Crippen LogP contribution in [0.1, 0.15) is 67.3 Å². The number of aryl methyl sites for hydroxylation is 1. The first-order valence-electron chi connectivity index (χ1n) is 13.9. The van der Waals surface area contributed by atoms with Crippen molar-refractivity contribution in [3.8, 4) is 0 Å². The van der Waals surface area contributed by atoms with Gasteiger partial charge in [0.25, 0.3) is 5.91 Å². The minimum Gasteiger partial charge on any atom is -0.361 e. The summed E-state index contributed by atoms with van der Waals surface area (Å²) < 4.78 is 5.18. The number of piperidine rings is 1. The van der Waals surface area contributed by atoms with Crippen LogP contribution in [-0.2, 0) is 16.0 Å². The van der Waals surface area contributed by atoms with Crippen molar-refractivity contribution in [2.75, 3.05) is 26.2 Å². The number of hydrogen-bond acceptors (Lipinski definition) is 6. The highest BCUT2D eigenvalue weighted by Crippen LogP contribution is 2.28. The van der Waals surface area contributed by atoms with Crippen molar-refractivity contribution in [1.29, 1.82) is 0 Å². The van der Waals surface area contributed by atoms with Crippen molar-refractivity contribution in [3.05, 3.63) is 53.4 Å². The lowest BCUT2D eigenvalue weighted by atomic mass is 9.82. The second kappa shape index (κ2) is 13.0. The molecule has 0 bridgehead atoms. The van der Waals surface area contributed by atoms with E-state index >= 15 is 0 Å². The van der Waals surface area contributed by atoms with E-state index in [1.165, 1.54) is 6.92 Å². The normalized spacial score (nSPS) is 23.6. The molecular formula is C29H41N5O4. The third-order valence-corrected chi connectivity index (χ3v) is 8.18. The summed E-state index contributed by atoms with van der Waals surface area (Å²) in [4.78, 5) is 42.9. The van der Waals surface area contributed by atoms with Crippen LogP contribution in [0.5, 0.6) is 0 Å². The van der Waals surface area contributed by atoms with E-state index in [2.05, 4.69) is 10.5 Å². The highest BCUT2D eigenvalue weighted by Gasteiger charge is 2.39. The summed E-state index contributed by atoms with van der Waals surface area (Å²) in [6.07, 6.45) is 5.99. The first-order chi connectivity index (χ1) is 18.4. The van der Waals surface area contributed by atoms with E-state index in [9.17, 15) is 14.4 Å². The van der Waals surface area contributed by atoms with E-state index in [4.69, 9.17) is 10.3 Å². The quantitative estimate of drug-likeness (QED) is 0.521. The largest absolute Gasteiger partial charge is 0.361 e. The molecule has 2 aliphatic rings. The number of carbonyl (C=O) groups is 3. The predicted molar refractivity (Wildman–Crippen MR) is 144 cm³/mol. The molecule has 1 saturated heterocycles. The van der Waals surface area contributed by atoms with Gasteiger partial charge in [-0.3, -0.25) is 14.4 Å². The topological polar surface area (TPSA) is 122 Å². The van der Waals surface area contributed by atoms with Crippen molar-refractivity contribution in [2.45, 2.75) is 70.9 Å². The van der Waals surface area contributed by atoms with Crippen molar-refractivity contribution in [3.63, 3.8) is 0 Å². The lowest BCUT2D eigenvalue weighted by Gasteiger charge is -2.42. The summed E-state index contributed by atoms with van der Waals surface area (Å²) in [5.74, 6) is 1.11. The minimum atomic E-state index is -0.613. The Morgan fingerprint density at radius 3 is 2.45 bits per heavy atom. The number of amides is 3. The van der Waals surface area contributed by atoms with E-state index < -0.39 is 6.04 Å². The molecule has 38 heavy (non-hydrogen) atoms. The molecule has 1 aromatic heterocycles. The van der Waals surface area contributed by atoms with Crippen LogP contribution in [0.25, 0.3) is 0 Å². The molecule has 1 aliphatic carbocycles. The van der Waals surface area contributed by atoms with E-state index in [0.717, 1.165) is 37.8 Å². The van der Waals surface area contributed by atoms with Crippen molar-refractivity contribution in [2.24, 2.45) is 17.6 Å². The monoisotopic (exact) mass is 523 g/mol. The van der Waals surface area contributed by atoms with Crippen molar-refractivity contribution >= 4 is 17.7 Å². The predicted octanol–water partition coefficient (Wildman–Crippen LogP) is 2.93. The molecule has 9 nitrogen and oxygen atoms in total. The maximum atomic E-state index is 13.6. The SMILES string of the molecule is CC(=O)N1CCC(N(CCc2ccccc2)C(=O)c2cc(C)on2)C[C@@H]1C(=O)NCC1CCC(CN)CC1. The molecule has 1 aromatic carbocycles. The molecule has 1 aliphatic heterocycles. The zero-order valence-electron chi connectivity index (χ0n) is 22.6. The second-order valence-electron chi connectivity index (χ2n) is 10.8. The molecule has 0 radical (unpaired) electrons. The zero-order valence-corrected chi connectivity index (χ0v) is 22.6. The fraction of sp³-hybridized carbons (Fsp3) is 0.586. The van der Waals surface area contributed by atoms with Crippen LogP contribution in [0.15, 0.2) is 40.9 Å². The third-order valence-electron chi connectivity index (χ3n) is 8.18. The Bertz CT molecular complexity index is 1080. The molecule has 2 heterocycles. The molecule has 1 saturated carbocycles. The molecule has 2 aromatic rings. The standard InChI is InChI=1S/C29H41N5O4/c1-20-16-26(32-38-20)29(37)34(14-12-22-6-4-3-5-7-22)25-13-15-33(21(2)35)27(17-25)28(36)31-19-24-10-8-23(18-30)9-11-24/h3-7,16,23-25,27H,8-15,17-19,30H2,1-2H3,(H,31,36)/t23?,24?,25?,27-/m1/s1. The van der Waals surface area contributed by atoms with Crippen LogP contribution in [0, 0.1) is 18.8 Å². The Morgan fingerprint density at radius 1 is 1.11 bits per heavy atom. The van der Waals surface area contributed by atoms with Gasteiger partial charge in [0.2, 0.25) is 11.8 Å². The number of nitrogens with one attached hydrogen (secondary N) is 1. The second-order valence-corrected chi connectivity index (χ2v) is 10.8. The van der Waals surface area contributed by atoms with Gasteiger partial charge in [0, 0.05) is 38.7 Å². The fourth-order valence-corrected chi connectivity index (χ4v) is 5.85. The summed E-state index contributed by atoms with van der Waals surface area (Å²) >= 11 is 0. The van der Waals surface area contributed by atoms with E-state index in [1.54, 1.807) is 17.9 Å². The number of rotatable bonds is 9. The van der Waals surface area contributed by atoms with Gasteiger partial charge in [-0.2, -0.15) is 0 Å². The number of carbonyl (C=O) groups excluding carboxylic acids is 3. The van der Waals surface area contributed by atoms with Crippen LogP contribution in [0.2, 0.25) is 0 Å². The fourth-order valence-electron chi connectivity index (χ4n) is 5.85.